The molecule has 3 aliphatic carbocycles. The van der Waals surface area contributed by atoms with Crippen LogP contribution in [-0.4, -0.2) is 6.04 Å². The van der Waals surface area contributed by atoms with Crippen LogP contribution in [0.3, 0.4) is 0 Å². The second-order valence-corrected chi connectivity index (χ2v) is 4.60. The number of quaternary nitrogens is 1. The standard InChI is InChI=1S/C12H9F4N/c13-9-7-4-1-2-5(6(17)3-4)8(7)10(14)12(16)11(9)15/h1-2,4-6H,3,17H2/p+1/t4-,5-,6+/m0/s1. The van der Waals surface area contributed by atoms with E-state index in [9.17, 15) is 17.6 Å². The second-order valence-electron chi connectivity index (χ2n) is 4.60. The van der Waals surface area contributed by atoms with Crippen molar-refractivity contribution in [2.75, 3.05) is 0 Å². The van der Waals surface area contributed by atoms with Crippen LogP contribution >= 0.6 is 0 Å². The number of allylic oxidation sites excluding steroid dienone is 1. The van der Waals surface area contributed by atoms with Crippen LogP contribution in [0, 0.1) is 23.3 Å². The maximum atomic E-state index is 13.7. The molecule has 2 bridgehead atoms. The van der Waals surface area contributed by atoms with Crippen molar-refractivity contribution >= 4 is 0 Å². The number of halogens is 4. The van der Waals surface area contributed by atoms with Gasteiger partial charge in [0.05, 0.1) is 12.0 Å². The molecule has 0 aliphatic heterocycles. The van der Waals surface area contributed by atoms with Crippen LogP contribution in [0.5, 0.6) is 0 Å². The summed E-state index contributed by atoms with van der Waals surface area (Å²) in [6.07, 6.45) is 3.96. The van der Waals surface area contributed by atoms with E-state index in [0.717, 1.165) is 0 Å². The first-order valence-corrected chi connectivity index (χ1v) is 5.39. The van der Waals surface area contributed by atoms with Gasteiger partial charge < -0.3 is 5.73 Å². The van der Waals surface area contributed by atoms with Crippen LogP contribution in [-0.2, 0) is 0 Å². The van der Waals surface area contributed by atoms with Crippen molar-refractivity contribution < 1.29 is 23.3 Å². The van der Waals surface area contributed by atoms with Crippen molar-refractivity contribution in [2.45, 2.75) is 24.3 Å². The fourth-order valence-corrected chi connectivity index (χ4v) is 2.86. The van der Waals surface area contributed by atoms with Crippen LogP contribution in [0.15, 0.2) is 12.2 Å². The first-order chi connectivity index (χ1) is 8.02. The highest BCUT2D eigenvalue weighted by atomic mass is 19.2. The first kappa shape index (κ1) is 10.8. The topological polar surface area (TPSA) is 27.6 Å². The summed E-state index contributed by atoms with van der Waals surface area (Å²) in [6.45, 7) is 0. The normalized spacial score (nSPS) is 29.6. The highest BCUT2D eigenvalue weighted by Crippen LogP contribution is 2.47. The molecule has 0 unspecified atom stereocenters. The summed E-state index contributed by atoms with van der Waals surface area (Å²) in [6, 6.07) is -0.128. The van der Waals surface area contributed by atoms with Gasteiger partial charge in [-0.05, 0) is 0 Å². The van der Waals surface area contributed by atoms with Gasteiger partial charge in [0.15, 0.2) is 23.3 Å². The minimum atomic E-state index is -1.73. The Morgan fingerprint density at radius 2 is 1.47 bits per heavy atom. The fourth-order valence-electron chi connectivity index (χ4n) is 2.86. The Morgan fingerprint density at radius 1 is 0.882 bits per heavy atom. The van der Waals surface area contributed by atoms with Crippen LogP contribution in [0.25, 0.3) is 0 Å². The summed E-state index contributed by atoms with van der Waals surface area (Å²) in [4.78, 5) is 0. The van der Waals surface area contributed by atoms with Crippen LogP contribution in [0.2, 0.25) is 0 Å². The predicted molar refractivity (Wildman–Crippen MR) is 52.2 cm³/mol. The molecule has 4 rings (SSSR count). The zero-order valence-electron chi connectivity index (χ0n) is 8.81. The lowest BCUT2D eigenvalue weighted by molar-refractivity contribution is -0.427. The molecule has 3 N–H and O–H groups in total. The van der Waals surface area contributed by atoms with E-state index >= 15 is 0 Å². The number of hydrogen-bond acceptors (Lipinski definition) is 0. The molecule has 1 nitrogen and oxygen atoms in total. The molecule has 1 aromatic rings. The third kappa shape index (κ3) is 1.23. The third-order valence-electron chi connectivity index (χ3n) is 3.66. The number of fused-ring (bicyclic) bond motifs is 1. The molecule has 90 valence electrons. The molecule has 3 aliphatic rings. The molecule has 1 aromatic carbocycles. The van der Waals surface area contributed by atoms with E-state index in [1.165, 1.54) is 0 Å². The lowest BCUT2D eigenvalue weighted by atomic mass is 9.68. The second kappa shape index (κ2) is 3.32. The van der Waals surface area contributed by atoms with Gasteiger partial charge in [0.25, 0.3) is 0 Å². The lowest BCUT2D eigenvalue weighted by Crippen LogP contribution is -2.65. The van der Waals surface area contributed by atoms with Gasteiger partial charge in [0, 0.05) is 23.5 Å². The lowest BCUT2D eigenvalue weighted by Gasteiger charge is -2.36. The van der Waals surface area contributed by atoms with Crippen molar-refractivity contribution in [3.05, 3.63) is 46.5 Å². The van der Waals surface area contributed by atoms with Crippen molar-refractivity contribution in [2.24, 2.45) is 0 Å². The van der Waals surface area contributed by atoms with Crippen molar-refractivity contribution in [3.63, 3.8) is 0 Å². The minimum Gasteiger partial charge on any atom is -0.354 e. The Hall–Kier alpha value is -1.36. The van der Waals surface area contributed by atoms with Gasteiger partial charge in [-0.3, -0.25) is 0 Å². The molecule has 0 heterocycles. The van der Waals surface area contributed by atoms with Gasteiger partial charge in [-0.2, -0.15) is 0 Å². The Morgan fingerprint density at radius 3 is 2.06 bits per heavy atom. The average Bonchev–Trinajstić information content (AvgIpc) is 2.33. The summed E-state index contributed by atoms with van der Waals surface area (Å²) < 4.78 is 53.8. The summed E-state index contributed by atoms with van der Waals surface area (Å²) >= 11 is 0. The van der Waals surface area contributed by atoms with Crippen LogP contribution in [0.1, 0.15) is 29.4 Å². The molecule has 3 atom stereocenters. The van der Waals surface area contributed by atoms with Gasteiger partial charge in [0.2, 0.25) is 0 Å². The summed E-state index contributed by atoms with van der Waals surface area (Å²) in [7, 11) is 0. The SMILES string of the molecule is [NH3+][C@@H]1C[C@@H]2C=C[C@@H]1c1c(F)c(F)c(F)c(F)c12. The largest absolute Gasteiger partial charge is 0.354 e. The van der Waals surface area contributed by atoms with Gasteiger partial charge in [-0.15, -0.1) is 0 Å². The molecule has 5 heteroatoms. The van der Waals surface area contributed by atoms with Crippen molar-refractivity contribution in [1.29, 1.82) is 0 Å². The van der Waals surface area contributed by atoms with Gasteiger partial charge in [-0.25, -0.2) is 17.6 Å². The van der Waals surface area contributed by atoms with E-state index < -0.39 is 35.1 Å². The zero-order valence-corrected chi connectivity index (χ0v) is 8.81. The smallest absolute Gasteiger partial charge is 0.197 e. The molecule has 0 radical (unpaired) electrons. The average molecular weight is 244 g/mol. The summed E-state index contributed by atoms with van der Waals surface area (Å²) in [5.74, 6) is -6.84. The van der Waals surface area contributed by atoms with E-state index in [-0.39, 0.29) is 17.2 Å². The molecule has 0 amide bonds. The number of benzene rings is 1. The van der Waals surface area contributed by atoms with Gasteiger partial charge >= 0.3 is 0 Å². The Balaban J connectivity index is 2.36. The summed E-state index contributed by atoms with van der Waals surface area (Å²) in [5.41, 5.74) is 3.76. The van der Waals surface area contributed by atoms with E-state index in [1.807, 2.05) is 0 Å². The third-order valence-corrected chi connectivity index (χ3v) is 3.66. The molecule has 0 fully saturated rings. The molecule has 0 saturated heterocycles. The molecular formula is C12H10F4N+. The summed E-state index contributed by atoms with van der Waals surface area (Å²) in [5, 5.41) is 0. The monoisotopic (exact) mass is 244 g/mol. The molecule has 0 spiro atoms. The van der Waals surface area contributed by atoms with Crippen LogP contribution in [0.4, 0.5) is 17.6 Å². The number of hydrogen-bond donors (Lipinski definition) is 1. The van der Waals surface area contributed by atoms with Crippen LogP contribution < -0.4 is 5.73 Å². The fraction of sp³-hybridized carbons (Fsp3) is 0.333. The van der Waals surface area contributed by atoms with E-state index in [2.05, 4.69) is 5.73 Å². The molecule has 0 aromatic heterocycles. The highest BCUT2D eigenvalue weighted by molar-refractivity contribution is 5.47. The minimum absolute atomic E-state index is 0.0335. The molecule has 0 saturated carbocycles. The highest BCUT2D eigenvalue weighted by Gasteiger charge is 2.43. The van der Waals surface area contributed by atoms with Crippen molar-refractivity contribution in [1.82, 2.24) is 0 Å². The van der Waals surface area contributed by atoms with E-state index in [1.54, 1.807) is 12.2 Å². The maximum Gasteiger partial charge on any atom is 0.197 e. The van der Waals surface area contributed by atoms with Gasteiger partial charge in [-0.1, -0.05) is 12.2 Å². The molecule has 17 heavy (non-hydrogen) atoms. The zero-order chi connectivity index (χ0) is 12.3. The molecular weight excluding hydrogens is 234 g/mol. The number of rotatable bonds is 0. The van der Waals surface area contributed by atoms with E-state index in [0.29, 0.717) is 6.42 Å². The predicted octanol–water partition coefficient (Wildman–Crippen LogP) is 1.99. The quantitative estimate of drug-likeness (QED) is 0.313. The Kier molecular flexibility index (Phi) is 2.10. The maximum absolute atomic E-state index is 13.7. The van der Waals surface area contributed by atoms with Crippen molar-refractivity contribution in [3.8, 4) is 0 Å². The first-order valence-electron chi connectivity index (χ1n) is 5.39. The Bertz CT molecular complexity index is 538. The van der Waals surface area contributed by atoms with Gasteiger partial charge in [0.1, 0.15) is 0 Å². The van der Waals surface area contributed by atoms with E-state index in [4.69, 9.17) is 0 Å². The Labute approximate surface area is 94.9 Å².